The lowest BCUT2D eigenvalue weighted by Gasteiger charge is -2.12. The summed E-state index contributed by atoms with van der Waals surface area (Å²) in [6, 6.07) is 2.89. The number of pyridine rings is 1. The normalized spacial score (nSPS) is 17.2. The van der Waals surface area contributed by atoms with E-state index >= 15 is 0 Å². The molecule has 98 valence electrons. The van der Waals surface area contributed by atoms with Crippen LogP contribution in [0.15, 0.2) is 23.4 Å². The molecule has 1 saturated carbocycles. The Bertz CT molecular complexity index is 562. The van der Waals surface area contributed by atoms with Crippen LogP contribution in [0.1, 0.15) is 12.8 Å². The molecule has 6 nitrogen and oxygen atoms in total. The van der Waals surface area contributed by atoms with Gasteiger partial charge in [0.15, 0.2) is 14.9 Å². The summed E-state index contributed by atoms with van der Waals surface area (Å²) in [6.07, 6.45) is 4.01. The van der Waals surface area contributed by atoms with Crippen LogP contribution < -0.4 is 11.1 Å². The first-order valence-electron chi connectivity index (χ1n) is 5.55. The molecule has 0 radical (unpaired) electrons. The zero-order chi connectivity index (χ0) is 13.4. The Morgan fingerprint density at radius 3 is 2.56 bits per heavy atom. The number of carbonyl (C=O) groups excluding carboxylic acids is 1. The summed E-state index contributed by atoms with van der Waals surface area (Å²) >= 11 is 0. The van der Waals surface area contributed by atoms with Crippen molar-refractivity contribution in [2.45, 2.75) is 17.9 Å². The number of amides is 1. The highest BCUT2D eigenvalue weighted by molar-refractivity contribution is 7.90. The van der Waals surface area contributed by atoms with Crippen LogP contribution in [0, 0.1) is 5.41 Å². The summed E-state index contributed by atoms with van der Waals surface area (Å²) in [7, 11) is -3.31. The fourth-order valence-electron chi connectivity index (χ4n) is 1.61. The molecular formula is C11H15N3O3S. The Labute approximate surface area is 106 Å². The minimum atomic E-state index is -3.31. The largest absolute Gasteiger partial charge is 0.329 e. The van der Waals surface area contributed by atoms with Gasteiger partial charge >= 0.3 is 0 Å². The van der Waals surface area contributed by atoms with E-state index in [-0.39, 0.29) is 10.9 Å². The summed E-state index contributed by atoms with van der Waals surface area (Å²) in [4.78, 5) is 15.7. The van der Waals surface area contributed by atoms with Crippen molar-refractivity contribution in [3.8, 4) is 0 Å². The molecule has 18 heavy (non-hydrogen) atoms. The molecule has 1 aliphatic rings. The number of nitrogens with zero attached hydrogens (tertiary/aromatic N) is 1. The standard InChI is InChI=1S/C11H15N3O3S/c1-18(16,17)9-3-2-8(6-13-9)14-10(15)11(7-12)4-5-11/h2-3,6H,4-5,7,12H2,1H3,(H,14,15). The predicted molar refractivity (Wildman–Crippen MR) is 66.7 cm³/mol. The van der Waals surface area contributed by atoms with Crippen molar-refractivity contribution in [2.75, 3.05) is 18.1 Å². The summed E-state index contributed by atoms with van der Waals surface area (Å²) in [5.74, 6) is -0.126. The highest BCUT2D eigenvalue weighted by Crippen LogP contribution is 2.45. The molecule has 3 N–H and O–H groups in total. The maximum Gasteiger partial charge on any atom is 0.231 e. The topological polar surface area (TPSA) is 102 Å². The van der Waals surface area contributed by atoms with Crippen molar-refractivity contribution in [2.24, 2.45) is 11.1 Å². The van der Waals surface area contributed by atoms with E-state index < -0.39 is 15.3 Å². The predicted octanol–water partition coefficient (Wildman–Crippen LogP) is 0.162. The van der Waals surface area contributed by atoms with Crippen LogP contribution in [0.3, 0.4) is 0 Å². The van der Waals surface area contributed by atoms with E-state index in [9.17, 15) is 13.2 Å². The highest BCUT2D eigenvalue weighted by atomic mass is 32.2. The van der Waals surface area contributed by atoms with Crippen molar-refractivity contribution in [1.29, 1.82) is 0 Å². The highest BCUT2D eigenvalue weighted by Gasteiger charge is 2.48. The molecule has 1 heterocycles. The number of hydrogen-bond donors (Lipinski definition) is 2. The molecule has 1 fully saturated rings. The Kier molecular flexibility index (Phi) is 3.12. The molecule has 0 saturated heterocycles. The zero-order valence-electron chi connectivity index (χ0n) is 10.0. The molecule has 0 aliphatic heterocycles. The number of sulfone groups is 1. The van der Waals surface area contributed by atoms with Crippen LogP contribution in [0.25, 0.3) is 0 Å². The van der Waals surface area contributed by atoms with Crippen LogP contribution >= 0.6 is 0 Å². The Balaban J connectivity index is 2.10. The van der Waals surface area contributed by atoms with E-state index in [0.29, 0.717) is 12.2 Å². The Morgan fingerprint density at radius 2 is 2.17 bits per heavy atom. The number of nitrogens with one attached hydrogen (secondary N) is 1. The molecule has 0 aromatic carbocycles. The Hall–Kier alpha value is -1.47. The van der Waals surface area contributed by atoms with Gasteiger partial charge in [-0.1, -0.05) is 0 Å². The molecule has 0 unspecified atom stereocenters. The van der Waals surface area contributed by atoms with E-state index in [4.69, 9.17) is 5.73 Å². The van der Waals surface area contributed by atoms with E-state index in [2.05, 4.69) is 10.3 Å². The fourth-order valence-corrected chi connectivity index (χ4v) is 2.17. The average molecular weight is 269 g/mol. The van der Waals surface area contributed by atoms with Crippen molar-refractivity contribution < 1.29 is 13.2 Å². The summed E-state index contributed by atoms with van der Waals surface area (Å²) in [5, 5.41) is 2.68. The van der Waals surface area contributed by atoms with Crippen LogP contribution in [0.5, 0.6) is 0 Å². The van der Waals surface area contributed by atoms with Gasteiger partial charge in [0.05, 0.1) is 17.3 Å². The van der Waals surface area contributed by atoms with Gasteiger partial charge in [0, 0.05) is 12.8 Å². The number of carbonyl (C=O) groups is 1. The van der Waals surface area contributed by atoms with Gasteiger partial charge in [-0.2, -0.15) is 0 Å². The van der Waals surface area contributed by atoms with Crippen LogP contribution in [-0.2, 0) is 14.6 Å². The number of nitrogens with two attached hydrogens (primary N) is 1. The van der Waals surface area contributed by atoms with Crippen LogP contribution in [0.4, 0.5) is 5.69 Å². The average Bonchev–Trinajstić information content (AvgIpc) is 3.09. The second-order valence-electron chi connectivity index (χ2n) is 4.60. The lowest BCUT2D eigenvalue weighted by molar-refractivity contribution is -0.120. The molecule has 1 aromatic rings. The van der Waals surface area contributed by atoms with E-state index in [0.717, 1.165) is 19.1 Å². The third kappa shape index (κ3) is 2.51. The van der Waals surface area contributed by atoms with Crippen molar-refractivity contribution in [3.05, 3.63) is 18.3 Å². The van der Waals surface area contributed by atoms with E-state index in [1.54, 1.807) is 0 Å². The van der Waals surface area contributed by atoms with Crippen LogP contribution in [-0.4, -0.2) is 32.1 Å². The van der Waals surface area contributed by atoms with Gasteiger partial charge in [0.2, 0.25) is 5.91 Å². The molecule has 2 rings (SSSR count). The first-order valence-corrected chi connectivity index (χ1v) is 7.44. The first kappa shape index (κ1) is 13.0. The van der Waals surface area contributed by atoms with Gasteiger partial charge in [0.25, 0.3) is 0 Å². The van der Waals surface area contributed by atoms with E-state index in [1.165, 1.54) is 18.3 Å². The van der Waals surface area contributed by atoms with Crippen molar-refractivity contribution in [1.82, 2.24) is 4.98 Å². The van der Waals surface area contributed by atoms with E-state index in [1.807, 2.05) is 0 Å². The minimum Gasteiger partial charge on any atom is -0.329 e. The maximum atomic E-state index is 11.9. The summed E-state index contributed by atoms with van der Waals surface area (Å²) in [6.45, 7) is 0.327. The number of anilines is 1. The number of hydrogen-bond acceptors (Lipinski definition) is 5. The molecule has 1 aliphatic carbocycles. The molecule has 1 aromatic heterocycles. The van der Waals surface area contributed by atoms with Gasteiger partial charge in [0.1, 0.15) is 0 Å². The minimum absolute atomic E-state index is 0.0135. The SMILES string of the molecule is CS(=O)(=O)c1ccc(NC(=O)C2(CN)CC2)cn1. The maximum absolute atomic E-state index is 11.9. The molecule has 0 spiro atoms. The van der Waals surface area contributed by atoms with Gasteiger partial charge in [-0.25, -0.2) is 13.4 Å². The number of aromatic nitrogens is 1. The zero-order valence-corrected chi connectivity index (χ0v) is 10.8. The molecular weight excluding hydrogens is 254 g/mol. The lowest BCUT2D eigenvalue weighted by atomic mass is 10.1. The molecule has 1 amide bonds. The fraction of sp³-hybridized carbons (Fsp3) is 0.455. The number of rotatable bonds is 4. The lowest BCUT2D eigenvalue weighted by Crippen LogP contribution is -2.30. The second-order valence-corrected chi connectivity index (χ2v) is 6.56. The first-order chi connectivity index (χ1) is 8.37. The third-order valence-corrected chi connectivity index (χ3v) is 4.10. The second kappa shape index (κ2) is 4.33. The van der Waals surface area contributed by atoms with Crippen molar-refractivity contribution in [3.63, 3.8) is 0 Å². The van der Waals surface area contributed by atoms with Gasteiger partial charge < -0.3 is 11.1 Å². The smallest absolute Gasteiger partial charge is 0.231 e. The molecule has 0 atom stereocenters. The molecule has 0 bridgehead atoms. The monoisotopic (exact) mass is 269 g/mol. The summed E-state index contributed by atoms with van der Waals surface area (Å²) < 4.78 is 22.4. The quantitative estimate of drug-likeness (QED) is 0.810. The Morgan fingerprint density at radius 1 is 1.50 bits per heavy atom. The summed E-state index contributed by atoms with van der Waals surface area (Å²) in [5.41, 5.74) is 5.59. The third-order valence-electron chi connectivity index (χ3n) is 3.10. The molecule has 7 heteroatoms. The van der Waals surface area contributed by atoms with Crippen molar-refractivity contribution >= 4 is 21.4 Å². The van der Waals surface area contributed by atoms with Crippen LogP contribution in [0.2, 0.25) is 0 Å². The van der Waals surface area contributed by atoms with Gasteiger partial charge in [-0.05, 0) is 25.0 Å². The van der Waals surface area contributed by atoms with Gasteiger partial charge in [-0.3, -0.25) is 4.79 Å². The van der Waals surface area contributed by atoms with Gasteiger partial charge in [-0.15, -0.1) is 0 Å².